The van der Waals surface area contributed by atoms with Crippen molar-refractivity contribution in [3.63, 3.8) is 0 Å². The Balaban J connectivity index is 1.45. The zero-order valence-electron chi connectivity index (χ0n) is 17.2. The molecule has 162 valence electrons. The number of rotatable bonds is 5. The third-order valence-corrected chi connectivity index (χ3v) is 5.97. The lowest BCUT2D eigenvalue weighted by molar-refractivity contribution is 0.0955. The summed E-state index contributed by atoms with van der Waals surface area (Å²) in [6, 6.07) is 18.1. The predicted octanol–water partition coefficient (Wildman–Crippen LogP) is 7.08. The van der Waals surface area contributed by atoms with Crippen molar-refractivity contribution >= 4 is 46.9 Å². The quantitative estimate of drug-likeness (QED) is 0.242. The van der Waals surface area contributed by atoms with Gasteiger partial charge in [-0.2, -0.15) is 5.10 Å². The highest BCUT2D eigenvalue weighted by atomic mass is 35.5. The normalized spacial score (nSPS) is 11.3. The van der Waals surface area contributed by atoms with Gasteiger partial charge in [-0.3, -0.25) is 4.79 Å². The lowest BCUT2D eigenvalue weighted by atomic mass is 10.2. The molecule has 8 heteroatoms. The van der Waals surface area contributed by atoms with Gasteiger partial charge in [0.25, 0.3) is 5.91 Å². The number of aromatic nitrogens is 1. The number of benzene rings is 2. The molecule has 32 heavy (non-hydrogen) atoms. The third-order valence-electron chi connectivity index (χ3n) is 4.92. The molecule has 2 aromatic heterocycles. The van der Waals surface area contributed by atoms with E-state index >= 15 is 0 Å². The summed E-state index contributed by atoms with van der Waals surface area (Å²) < 4.78 is 7.79. The zero-order chi connectivity index (χ0) is 22.8. The molecule has 4 aromatic rings. The summed E-state index contributed by atoms with van der Waals surface area (Å²) in [4.78, 5) is 12.5. The van der Waals surface area contributed by atoms with Crippen molar-refractivity contribution in [1.82, 2.24) is 9.99 Å². The fraction of sp³-hybridized carbons (Fsp3) is 0.0833. The number of hydrogen-bond acceptors (Lipinski definition) is 3. The maximum absolute atomic E-state index is 12.5. The highest BCUT2D eigenvalue weighted by Gasteiger charge is 2.13. The van der Waals surface area contributed by atoms with Crippen LogP contribution in [0.15, 0.2) is 70.2 Å². The molecule has 0 saturated carbocycles. The van der Waals surface area contributed by atoms with E-state index in [-0.39, 0.29) is 0 Å². The average Bonchev–Trinajstić information content (AvgIpc) is 3.36. The maximum atomic E-state index is 12.5. The summed E-state index contributed by atoms with van der Waals surface area (Å²) in [6.45, 7) is 4.02. The van der Waals surface area contributed by atoms with Crippen molar-refractivity contribution in [2.75, 3.05) is 0 Å². The summed E-state index contributed by atoms with van der Waals surface area (Å²) in [5, 5.41) is 5.21. The Labute approximate surface area is 200 Å². The lowest BCUT2D eigenvalue weighted by Gasteiger charge is -2.11. The molecule has 0 atom stereocenters. The summed E-state index contributed by atoms with van der Waals surface area (Å²) in [6.07, 6.45) is 1.41. The van der Waals surface area contributed by atoms with Crippen molar-refractivity contribution in [2.24, 2.45) is 5.10 Å². The standard InChI is InChI=1S/C24H18Cl3N3O2/c1-14-3-4-15(2)30(14)17-6-8-19(21(26)12-17)24(31)29-28-13-18-7-10-23(32-18)16-5-9-20(25)22(27)11-16/h3-13H,1-2H3,(H,29,31)/b28-13-. The second-order valence-electron chi connectivity index (χ2n) is 7.15. The number of hydrazone groups is 1. The zero-order valence-corrected chi connectivity index (χ0v) is 19.5. The van der Waals surface area contributed by atoms with Crippen LogP contribution in [0.2, 0.25) is 15.1 Å². The number of hydrogen-bond donors (Lipinski definition) is 1. The largest absolute Gasteiger partial charge is 0.455 e. The Hall–Kier alpha value is -2.99. The Bertz CT molecular complexity index is 1320. The van der Waals surface area contributed by atoms with E-state index in [1.165, 1.54) is 6.21 Å². The minimum Gasteiger partial charge on any atom is -0.455 e. The van der Waals surface area contributed by atoms with Crippen LogP contribution in [-0.2, 0) is 0 Å². The first-order valence-electron chi connectivity index (χ1n) is 9.67. The van der Waals surface area contributed by atoms with Gasteiger partial charge in [0.1, 0.15) is 11.5 Å². The summed E-state index contributed by atoms with van der Waals surface area (Å²) in [7, 11) is 0. The van der Waals surface area contributed by atoms with Gasteiger partial charge in [-0.25, -0.2) is 5.43 Å². The molecular formula is C24H18Cl3N3O2. The van der Waals surface area contributed by atoms with Gasteiger partial charge in [-0.15, -0.1) is 0 Å². The number of furan rings is 1. The Morgan fingerprint density at radius 1 is 0.906 bits per heavy atom. The van der Waals surface area contributed by atoms with Crippen LogP contribution in [0.25, 0.3) is 17.0 Å². The molecule has 0 radical (unpaired) electrons. The molecule has 0 unspecified atom stereocenters. The highest BCUT2D eigenvalue weighted by molar-refractivity contribution is 6.42. The van der Waals surface area contributed by atoms with Gasteiger partial charge in [0.15, 0.2) is 0 Å². The van der Waals surface area contributed by atoms with Gasteiger partial charge in [0.2, 0.25) is 0 Å². The molecule has 0 bridgehead atoms. The number of carbonyl (C=O) groups excluding carboxylic acids is 1. The average molecular weight is 487 g/mol. The molecule has 0 aliphatic rings. The van der Waals surface area contributed by atoms with Crippen molar-refractivity contribution in [2.45, 2.75) is 13.8 Å². The number of halogens is 3. The van der Waals surface area contributed by atoms with Gasteiger partial charge in [0, 0.05) is 22.6 Å². The van der Waals surface area contributed by atoms with Crippen molar-refractivity contribution in [3.05, 3.63) is 98.4 Å². The van der Waals surface area contributed by atoms with E-state index in [2.05, 4.69) is 15.1 Å². The lowest BCUT2D eigenvalue weighted by Crippen LogP contribution is -2.18. The first kappa shape index (κ1) is 22.2. The molecule has 1 amide bonds. The van der Waals surface area contributed by atoms with Crippen molar-refractivity contribution in [3.8, 4) is 17.0 Å². The van der Waals surface area contributed by atoms with Crippen LogP contribution in [0.5, 0.6) is 0 Å². The number of carbonyl (C=O) groups is 1. The minimum absolute atomic E-state index is 0.325. The fourth-order valence-electron chi connectivity index (χ4n) is 3.34. The molecular weight excluding hydrogens is 469 g/mol. The van der Waals surface area contributed by atoms with E-state index in [9.17, 15) is 4.79 Å². The molecule has 5 nitrogen and oxygen atoms in total. The van der Waals surface area contributed by atoms with Crippen LogP contribution in [-0.4, -0.2) is 16.7 Å². The first-order chi connectivity index (χ1) is 15.3. The molecule has 0 aliphatic heterocycles. The van der Waals surface area contributed by atoms with E-state index < -0.39 is 5.91 Å². The van der Waals surface area contributed by atoms with Crippen LogP contribution >= 0.6 is 34.8 Å². The second kappa shape index (κ2) is 9.25. The van der Waals surface area contributed by atoms with Crippen LogP contribution in [0.4, 0.5) is 0 Å². The molecule has 2 heterocycles. The number of nitrogens with one attached hydrogen (secondary N) is 1. The van der Waals surface area contributed by atoms with E-state index in [1.54, 1.807) is 42.5 Å². The van der Waals surface area contributed by atoms with Gasteiger partial charge < -0.3 is 8.98 Å². The molecule has 0 fully saturated rings. The first-order valence-corrected chi connectivity index (χ1v) is 10.8. The Morgan fingerprint density at radius 3 is 2.34 bits per heavy atom. The highest BCUT2D eigenvalue weighted by Crippen LogP contribution is 2.29. The topological polar surface area (TPSA) is 59.5 Å². The second-order valence-corrected chi connectivity index (χ2v) is 8.37. The minimum atomic E-state index is -0.421. The number of aryl methyl sites for hydroxylation is 2. The van der Waals surface area contributed by atoms with E-state index in [0.29, 0.717) is 32.2 Å². The van der Waals surface area contributed by atoms with Crippen LogP contribution in [0, 0.1) is 13.8 Å². The summed E-state index contributed by atoms with van der Waals surface area (Å²) in [5.74, 6) is 0.645. The van der Waals surface area contributed by atoms with Crippen LogP contribution < -0.4 is 5.43 Å². The Morgan fingerprint density at radius 2 is 1.66 bits per heavy atom. The van der Waals surface area contributed by atoms with Crippen molar-refractivity contribution < 1.29 is 9.21 Å². The number of amides is 1. The third kappa shape index (κ3) is 4.60. The molecule has 0 saturated heterocycles. The SMILES string of the molecule is Cc1ccc(C)n1-c1ccc(C(=O)N/N=C\c2ccc(-c3ccc(Cl)c(Cl)c3)o2)c(Cl)c1. The Kier molecular flexibility index (Phi) is 6.42. The maximum Gasteiger partial charge on any atom is 0.272 e. The smallest absolute Gasteiger partial charge is 0.272 e. The predicted molar refractivity (Wildman–Crippen MR) is 129 cm³/mol. The monoisotopic (exact) mass is 485 g/mol. The summed E-state index contributed by atoms with van der Waals surface area (Å²) >= 11 is 18.4. The molecule has 0 spiro atoms. The van der Waals surface area contributed by atoms with E-state index in [0.717, 1.165) is 22.6 Å². The van der Waals surface area contributed by atoms with Crippen LogP contribution in [0.1, 0.15) is 27.5 Å². The van der Waals surface area contributed by atoms with E-state index in [4.69, 9.17) is 39.2 Å². The molecule has 0 aliphatic carbocycles. The molecule has 4 rings (SSSR count). The fourth-order valence-corrected chi connectivity index (χ4v) is 3.90. The van der Waals surface area contributed by atoms with Gasteiger partial charge >= 0.3 is 0 Å². The van der Waals surface area contributed by atoms with Gasteiger partial charge in [-0.05, 0) is 74.5 Å². The van der Waals surface area contributed by atoms with Gasteiger partial charge in [0.05, 0.1) is 26.8 Å². The van der Waals surface area contributed by atoms with Crippen LogP contribution in [0.3, 0.4) is 0 Å². The van der Waals surface area contributed by atoms with Crippen molar-refractivity contribution in [1.29, 1.82) is 0 Å². The molecule has 2 aromatic carbocycles. The molecule has 1 N–H and O–H groups in total. The van der Waals surface area contributed by atoms with Gasteiger partial charge in [-0.1, -0.05) is 34.8 Å². The summed E-state index contributed by atoms with van der Waals surface area (Å²) in [5.41, 5.74) is 6.63. The number of nitrogens with zero attached hydrogens (tertiary/aromatic N) is 2. The van der Waals surface area contributed by atoms with E-state index in [1.807, 2.05) is 32.0 Å².